The fourth-order valence-electron chi connectivity index (χ4n) is 3.92. The molecular weight excluding hydrogens is 407 g/mol. The summed E-state index contributed by atoms with van der Waals surface area (Å²) in [5, 5.41) is 4.57. The zero-order valence-corrected chi connectivity index (χ0v) is 17.3. The lowest BCUT2D eigenvalue weighted by Crippen LogP contribution is -2.47. The molecule has 1 saturated heterocycles. The SMILES string of the molecule is O=C(Nc1ccc(F)cc1)c1cnc(N2CCN(c3ncccn3)CC2)c2ccccc12. The largest absolute Gasteiger partial charge is 0.353 e. The average Bonchev–Trinajstić information content (AvgIpc) is 2.85. The van der Waals surface area contributed by atoms with Gasteiger partial charge in [0.2, 0.25) is 5.95 Å². The summed E-state index contributed by atoms with van der Waals surface area (Å²) in [4.78, 5) is 30.6. The van der Waals surface area contributed by atoms with Crippen molar-refractivity contribution < 1.29 is 9.18 Å². The Morgan fingerprint density at radius 3 is 2.19 bits per heavy atom. The van der Waals surface area contributed by atoms with Crippen LogP contribution in [0.3, 0.4) is 0 Å². The number of aromatic nitrogens is 3. The summed E-state index contributed by atoms with van der Waals surface area (Å²) < 4.78 is 13.2. The van der Waals surface area contributed by atoms with Crippen LogP contribution >= 0.6 is 0 Å². The first-order chi connectivity index (χ1) is 15.7. The molecule has 1 aliphatic rings. The Morgan fingerprint density at radius 1 is 0.812 bits per heavy atom. The van der Waals surface area contributed by atoms with Gasteiger partial charge in [0.1, 0.15) is 11.6 Å². The number of amides is 1. The third-order valence-electron chi connectivity index (χ3n) is 5.53. The van der Waals surface area contributed by atoms with Crippen LogP contribution in [0.1, 0.15) is 10.4 Å². The number of piperazine rings is 1. The number of carbonyl (C=O) groups is 1. The molecule has 0 radical (unpaired) electrons. The molecule has 1 aliphatic heterocycles. The topological polar surface area (TPSA) is 74.2 Å². The van der Waals surface area contributed by atoms with Crippen LogP contribution in [0.5, 0.6) is 0 Å². The Bertz CT molecular complexity index is 1240. The summed E-state index contributed by atoms with van der Waals surface area (Å²) in [7, 11) is 0. The van der Waals surface area contributed by atoms with Gasteiger partial charge in [-0.05, 0) is 35.7 Å². The van der Waals surface area contributed by atoms with Crippen LogP contribution in [0.4, 0.5) is 21.8 Å². The molecule has 2 aromatic carbocycles. The van der Waals surface area contributed by atoms with E-state index in [0.29, 0.717) is 11.3 Å². The third-order valence-corrected chi connectivity index (χ3v) is 5.53. The number of hydrogen-bond acceptors (Lipinski definition) is 6. The maximum atomic E-state index is 13.2. The maximum Gasteiger partial charge on any atom is 0.257 e. The van der Waals surface area contributed by atoms with Crippen LogP contribution in [0, 0.1) is 5.82 Å². The molecular formula is C24H21FN6O. The molecule has 1 fully saturated rings. The molecule has 0 saturated carbocycles. The van der Waals surface area contributed by atoms with E-state index < -0.39 is 0 Å². The average molecular weight is 428 g/mol. The lowest BCUT2D eigenvalue weighted by molar-refractivity contribution is 0.102. The Morgan fingerprint density at radius 2 is 1.47 bits per heavy atom. The van der Waals surface area contributed by atoms with Crippen molar-refractivity contribution in [3.8, 4) is 0 Å². The normalized spacial score (nSPS) is 13.9. The van der Waals surface area contributed by atoms with Crippen LogP contribution in [-0.4, -0.2) is 47.0 Å². The van der Waals surface area contributed by atoms with Gasteiger partial charge in [-0.2, -0.15) is 0 Å². The van der Waals surface area contributed by atoms with Gasteiger partial charge in [0.05, 0.1) is 5.56 Å². The van der Waals surface area contributed by atoms with Gasteiger partial charge in [0.15, 0.2) is 0 Å². The molecule has 160 valence electrons. The molecule has 0 bridgehead atoms. The van der Waals surface area contributed by atoms with Crippen LogP contribution in [-0.2, 0) is 0 Å². The van der Waals surface area contributed by atoms with Crippen LogP contribution in [0.15, 0.2) is 73.2 Å². The highest BCUT2D eigenvalue weighted by Crippen LogP contribution is 2.29. The van der Waals surface area contributed by atoms with E-state index in [1.54, 1.807) is 18.6 Å². The lowest BCUT2D eigenvalue weighted by atomic mass is 10.1. The minimum absolute atomic E-state index is 0.280. The second kappa shape index (κ2) is 8.58. The van der Waals surface area contributed by atoms with Crippen molar-refractivity contribution >= 4 is 34.1 Å². The minimum Gasteiger partial charge on any atom is -0.353 e. The van der Waals surface area contributed by atoms with Crippen LogP contribution in [0.2, 0.25) is 0 Å². The summed E-state index contributed by atoms with van der Waals surface area (Å²) in [5.74, 6) is 0.960. The van der Waals surface area contributed by atoms with Gasteiger partial charge in [0, 0.05) is 55.8 Å². The number of carbonyl (C=O) groups excluding carboxylic acids is 1. The molecule has 8 heteroatoms. The third kappa shape index (κ3) is 3.94. The van der Waals surface area contributed by atoms with E-state index in [0.717, 1.165) is 48.7 Å². The quantitative estimate of drug-likeness (QED) is 0.534. The molecule has 32 heavy (non-hydrogen) atoms. The molecule has 0 unspecified atom stereocenters. The molecule has 0 spiro atoms. The second-order valence-corrected chi connectivity index (χ2v) is 7.52. The van der Waals surface area contributed by atoms with E-state index in [2.05, 4.69) is 30.1 Å². The monoisotopic (exact) mass is 428 g/mol. The first kappa shape index (κ1) is 19.9. The van der Waals surface area contributed by atoms with Crippen molar-refractivity contribution in [3.63, 3.8) is 0 Å². The highest BCUT2D eigenvalue weighted by Gasteiger charge is 2.22. The lowest BCUT2D eigenvalue weighted by Gasteiger charge is -2.35. The first-order valence-electron chi connectivity index (χ1n) is 10.4. The number of pyridine rings is 1. The molecule has 1 N–H and O–H groups in total. The van der Waals surface area contributed by atoms with Crippen molar-refractivity contribution in [2.24, 2.45) is 0 Å². The minimum atomic E-state index is -0.349. The first-order valence-corrected chi connectivity index (χ1v) is 10.4. The maximum absolute atomic E-state index is 13.2. The number of halogens is 1. The zero-order valence-electron chi connectivity index (χ0n) is 17.3. The molecule has 7 nitrogen and oxygen atoms in total. The highest BCUT2D eigenvalue weighted by molar-refractivity contribution is 6.14. The summed E-state index contributed by atoms with van der Waals surface area (Å²) in [6, 6.07) is 15.3. The molecule has 5 rings (SSSR count). The number of nitrogens with zero attached hydrogens (tertiary/aromatic N) is 5. The van der Waals surface area contributed by atoms with Crippen molar-refractivity contribution in [2.75, 3.05) is 41.3 Å². The molecule has 0 aliphatic carbocycles. The van der Waals surface area contributed by atoms with E-state index in [9.17, 15) is 9.18 Å². The van der Waals surface area contributed by atoms with Crippen LogP contribution < -0.4 is 15.1 Å². The number of nitrogens with one attached hydrogen (secondary N) is 1. The van der Waals surface area contributed by atoms with Crippen molar-refractivity contribution in [3.05, 3.63) is 84.6 Å². The Balaban J connectivity index is 1.39. The Hall–Kier alpha value is -4.07. The predicted molar refractivity (Wildman–Crippen MR) is 123 cm³/mol. The summed E-state index contributed by atoms with van der Waals surface area (Å²) >= 11 is 0. The molecule has 1 amide bonds. The second-order valence-electron chi connectivity index (χ2n) is 7.52. The van der Waals surface area contributed by atoms with Gasteiger partial charge in [0.25, 0.3) is 5.91 Å². The number of fused-ring (bicyclic) bond motifs is 1. The van der Waals surface area contributed by atoms with Crippen molar-refractivity contribution in [2.45, 2.75) is 0 Å². The smallest absolute Gasteiger partial charge is 0.257 e. The Kier molecular flexibility index (Phi) is 5.33. The van der Waals surface area contributed by atoms with E-state index in [1.165, 1.54) is 24.3 Å². The van der Waals surface area contributed by atoms with Gasteiger partial charge < -0.3 is 15.1 Å². The van der Waals surface area contributed by atoms with Gasteiger partial charge in [-0.3, -0.25) is 4.79 Å². The van der Waals surface area contributed by atoms with E-state index >= 15 is 0 Å². The number of benzene rings is 2. The van der Waals surface area contributed by atoms with E-state index in [1.807, 2.05) is 30.3 Å². The van der Waals surface area contributed by atoms with Crippen molar-refractivity contribution in [1.29, 1.82) is 0 Å². The van der Waals surface area contributed by atoms with Crippen LogP contribution in [0.25, 0.3) is 10.8 Å². The van der Waals surface area contributed by atoms with E-state index in [4.69, 9.17) is 0 Å². The summed E-state index contributed by atoms with van der Waals surface area (Å²) in [5.41, 5.74) is 1.01. The number of rotatable bonds is 4. The summed E-state index contributed by atoms with van der Waals surface area (Å²) in [6.45, 7) is 3.12. The standard InChI is InChI=1S/C24H21FN6O/c25-17-6-8-18(9-7-17)29-23(32)21-16-28-22(20-5-2-1-4-19(20)21)30-12-14-31(15-13-30)24-26-10-3-11-27-24/h1-11,16H,12-15H2,(H,29,32). The molecule has 4 aromatic rings. The highest BCUT2D eigenvalue weighted by atomic mass is 19.1. The summed E-state index contributed by atoms with van der Waals surface area (Å²) in [6.07, 6.45) is 5.11. The van der Waals surface area contributed by atoms with Crippen molar-refractivity contribution in [1.82, 2.24) is 15.0 Å². The zero-order chi connectivity index (χ0) is 21.9. The van der Waals surface area contributed by atoms with Gasteiger partial charge in [-0.1, -0.05) is 24.3 Å². The predicted octanol–water partition coefficient (Wildman–Crippen LogP) is 3.74. The van der Waals surface area contributed by atoms with Gasteiger partial charge in [-0.25, -0.2) is 19.3 Å². The number of hydrogen-bond donors (Lipinski definition) is 1. The van der Waals surface area contributed by atoms with Gasteiger partial charge >= 0.3 is 0 Å². The van der Waals surface area contributed by atoms with E-state index in [-0.39, 0.29) is 11.7 Å². The fraction of sp³-hybridized carbons (Fsp3) is 0.167. The molecule has 2 aromatic heterocycles. The molecule has 3 heterocycles. The Labute approximate surface area is 184 Å². The van der Waals surface area contributed by atoms with Gasteiger partial charge in [-0.15, -0.1) is 0 Å². The molecule has 0 atom stereocenters. The fourth-order valence-corrected chi connectivity index (χ4v) is 3.92. The number of anilines is 3.